The number of carbonyl (C=O) groups is 2. The van der Waals surface area contributed by atoms with Gasteiger partial charge in [-0.15, -0.1) is 0 Å². The second-order valence-electron chi connectivity index (χ2n) is 4.72. The lowest BCUT2D eigenvalue weighted by atomic mass is 10.1. The molecular formula is C12H23N3O2. The first-order valence-electron chi connectivity index (χ1n) is 6.36. The first kappa shape index (κ1) is 14.0. The smallest absolute Gasteiger partial charge is 0.239 e. The molecular weight excluding hydrogens is 218 g/mol. The van der Waals surface area contributed by atoms with Crippen LogP contribution in [0.3, 0.4) is 0 Å². The molecule has 1 heterocycles. The number of hydrogen-bond acceptors (Lipinski definition) is 3. The molecule has 1 aliphatic heterocycles. The van der Waals surface area contributed by atoms with Crippen LogP contribution in [0.25, 0.3) is 0 Å². The molecule has 5 heteroatoms. The second kappa shape index (κ2) is 6.59. The van der Waals surface area contributed by atoms with Gasteiger partial charge in [0, 0.05) is 26.1 Å². The highest BCUT2D eigenvalue weighted by Gasteiger charge is 2.29. The minimum atomic E-state index is -0.383. The Labute approximate surface area is 103 Å². The molecule has 0 aromatic carbocycles. The molecule has 2 amide bonds. The standard InChI is InChI=1S/C12H23N3O2/c1-3-4-5-11(13)12(17)15-7-6-10(8-15)14-9(2)16/h10-11H,3-8,13H2,1-2H3,(H,14,16). The van der Waals surface area contributed by atoms with Gasteiger partial charge in [0.25, 0.3) is 0 Å². The summed E-state index contributed by atoms with van der Waals surface area (Å²) < 4.78 is 0. The third-order valence-corrected chi connectivity index (χ3v) is 3.09. The Morgan fingerprint density at radius 2 is 2.24 bits per heavy atom. The molecule has 1 fully saturated rings. The number of nitrogens with one attached hydrogen (secondary N) is 1. The zero-order valence-corrected chi connectivity index (χ0v) is 10.7. The van der Waals surface area contributed by atoms with Gasteiger partial charge in [-0.3, -0.25) is 9.59 Å². The van der Waals surface area contributed by atoms with E-state index in [9.17, 15) is 9.59 Å². The van der Waals surface area contributed by atoms with E-state index in [-0.39, 0.29) is 23.9 Å². The first-order chi connectivity index (χ1) is 8.04. The van der Waals surface area contributed by atoms with Crippen LogP contribution in [-0.2, 0) is 9.59 Å². The van der Waals surface area contributed by atoms with E-state index >= 15 is 0 Å². The summed E-state index contributed by atoms with van der Waals surface area (Å²) in [4.78, 5) is 24.6. The molecule has 1 saturated heterocycles. The maximum absolute atomic E-state index is 12.0. The van der Waals surface area contributed by atoms with E-state index in [4.69, 9.17) is 5.73 Å². The average molecular weight is 241 g/mol. The van der Waals surface area contributed by atoms with Crippen molar-refractivity contribution < 1.29 is 9.59 Å². The number of rotatable bonds is 5. The molecule has 1 rings (SSSR count). The summed E-state index contributed by atoms with van der Waals surface area (Å²) >= 11 is 0. The number of likely N-dealkylation sites (tertiary alicyclic amines) is 1. The predicted molar refractivity (Wildman–Crippen MR) is 66.3 cm³/mol. The lowest BCUT2D eigenvalue weighted by Crippen LogP contribution is -2.44. The zero-order chi connectivity index (χ0) is 12.8. The van der Waals surface area contributed by atoms with Crippen LogP contribution in [0, 0.1) is 0 Å². The topological polar surface area (TPSA) is 75.4 Å². The molecule has 17 heavy (non-hydrogen) atoms. The molecule has 0 saturated carbocycles. The SMILES string of the molecule is CCCCC(N)C(=O)N1CCC(NC(C)=O)C1. The van der Waals surface area contributed by atoms with E-state index in [1.54, 1.807) is 4.90 Å². The maximum Gasteiger partial charge on any atom is 0.239 e. The largest absolute Gasteiger partial charge is 0.352 e. The molecule has 1 aliphatic rings. The Balaban J connectivity index is 2.36. The average Bonchev–Trinajstić information content (AvgIpc) is 2.72. The Bertz CT molecular complexity index is 281. The van der Waals surface area contributed by atoms with E-state index in [0.717, 1.165) is 25.7 Å². The molecule has 0 aromatic heterocycles. The van der Waals surface area contributed by atoms with Gasteiger partial charge in [-0.25, -0.2) is 0 Å². The minimum absolute atomic E-state index is 0.0197. The van der Waals surface area contributed by atoms with Crippen molar-refractivity contribution in [3.63, 3.8) is 0 Å². The van der Waals surface area contributed by atoms with Gasteiger partial charge in [-0.2, -0.15) is 0 Å². The van der Waals surface area contributed by atoms with Crippen molar-refractivity contribution in [3.8, 4) is 0 Å². The highest BCUT2D eigenvalue weighted by molar-refractivity contribution is 5.82. The first-order valence-corrected chi connectivity index (χ1v) is 6.36. The van der Waals surface area contributed by atoms with E-state index < -0.39 is 0 Å². The van der Waals surface area contributed by atoms with Crippen LogP contribution in [0.15, 0.2) is 0 Å². The molecule has 2 atom stereocenters. The van der Waals surface area contributed by atoms with Gasteiger partial charge in [0.05, 0.1) is 6.04 Å². The van der Waals surface area contributed by atoms with Crippen LogP contribution in [0.5, 0.6) is 0 Å². The lowest BCUT2D eigenvalue weighted by molar-refractivity contribution is -0.132. The third-order valence-electron chi connectivity index (χ3n) is 3.09. The second-order valence-corrected chi connectivity index (χ2v) is 4.72. The van der Waals surface area contributed by atoms with Crippen LogP contribution >= 0.6 is 0 Å². The summed E-state index contributed by atoms with van der Waals surface area (Å²) in [6, 6.07) is -0.291. The Hall–Kier alpha value is -1.10. The summed E-state index contributed by atoms with van der Waals surface area (Å²) in [6.45, 7) is 4.87. The maximum atomic E-state index is 12.0. The summed E-state index contributed by atoms with van der Waals surface area (Å²) in [5.41, 5.74) is 5.85. The number of amides is 2. The number of nitrogens with two attached hydrogens (primary N) is 1. The molecule has 0 aromatic rings. The van der Waals surface area contributed by atoms with Gasteiger partial charge in [-0.05, 0) is 12.8 Å². The quantitative estimate of drug-likeness (QED) is 0.724. The summed E-state index contributed by atoms with van der Waals surface area (Å²) in [7, 11) is 0. The summed E-state index contributed by atoms with van der Waals surface area (Å²) in [6.07, 6.45) is 3.60. The number of unbranched alkanes of at least 4 members (excludes halogenated alkanes) is 1. The molecule has 98 valence electrons. The van der Waals surface area contributed by atoms with Gasteiger partial charge in [-0.1, -0.05) is 19.8 Å². The highest BCUT2D eigenvalue weighted by atomic mass is 16.2. The van der Waals surface area contributed by atoms with Crippen molar-refractivity contribution in [1.82, 2.24) is 10.2 Å². The normalized spacial score (nSPS) is 21.4. The molecule has 0 spiro atoms. The van der Waals surface area contributed by atoms with Crippen molar-refractivity contribution >= 4 is 11.8 Å². The van der Waals surface area contributed by atoms with Crippen molar-refractivity contribution in [2.75, 3.05) is 13.1 Å². The van der Waals surface area contributed by atoms with E-state index in [0.29, 0.717) is 13.1 Å². The fourth-order valence-electron chi connectivity index (χ4n) is 2.15. The van der Waals surface area contributed by atoms with Gasteiger partial charge >= 0.3 is 0 Å². The van der Waals surface area contributed by atoms with Crippen molar-refractivity contribution in [2.45, 2.75) is 51.6 Å². The Kier molecular flexibility index (Phi) is 5.41. The van der Waals surface area contributed by atoms with Crippen molar-refractivity contribution in [1.29, 1.82) is 0 Å². The monoisotopic (exact) mass is 241 g/mol. The molecule has 3 N–H and O–H groups in total. The zero-order valence-electron chi connectivity index (χ0n) is 10.7. The van der Waals surface area contributed by atoms with E-state index in [2.05, 4.69) is 12.2 Å². The summed E-state index contributed by atoms with van der Waals surface area (Å²) in [5.74, 6) is -0.0223. The van der Waals surface area contributed by atoms with Gasteiger partial charge in [0.1, 0.15) is 0 Å². The fourth-order valence-corrected chi connectivity index (χ4v) is 2.15. The summed E-state index contributed by atoms with van der Waals surface area (Å²) in [5, 5.41) is 2.84. The Morgan fingerprint density at radius 3 is 2.82 bits per heavy atom. The third kappa shape index (κ3) is 4.34. The molecule has 0 radical (unpaired) electrons. The molecule has 0 aliphatic carbocycles. The Morgan fingerprint density at radius 1 is 1.53 bits per heavy atom. The van der Waals surface area contributed by atoms with E-state index in [1.807, 2.05) is 0 Å². The number of hydrogen-bond donors (Lipinski definition) is 2. The van der Waals surface area contributed by atoms with E-state index in [1.165, 1.54) is 6.92 Å². The van der Waals surface area contributed by atoms with Crippen molar-refractivity contribution in [3.05, 3.63) is 0 Å². The number of nitrogens with zero attached hydrogens (tertiary/aromatic N) is 1. The predicted octanol–water partition coefficient (Wildman–Crippen LogP) is 0.241. The van der Waals surface area contributed by atoms with Gasteiger partial charge in [0.2, 0.25) is 11.8 Å². The van der Waals surface area contributed by atoms with Crippen LogP contribution < -0.4 is 11.1 Å². The van der Waals surface area contributed by atoms with Crippen LogP contribution in [0.1, 0.15) is 39.5 Å². The minimum Gasteiger partial charge on any atom is -0.352 e. The lowest BCUT2D eigenvalue weighted by Gasteiger charge is -2.20. The molecule has 2 unspecified atom stereocenters. The molecule has 5 nitrogen and oxygen atoms in total. The molecule has 0 bridgehead atoms. The number of carbonyl (C=O) groups excluding carboxylic acids is 2. The fraction of sp³-hybridized carbons (Fsp3) is 0.833. The van der Waals surface area contributed by atoms with Crippen LogP contribution in [0.2, 0.25) is 0 Å². The van der Waals surface area contributed by atoms with Crippen LogP contribution in [0.4, 0.5) is 0 Å². The van der Waals surface area contributed by atoms with Gasteiger partial charge in [0.15, 0.2) is 0 Å². The van der Waals surface area contributed by atoms with Crippen molar-refractivity contribution in [2.24, 2.45) is 5.73 Å². The van der Waals surface area contributed by atoms with Crippen LogP contribution in [-0.4, -0.2) is 41.9 Å². The highest BCUT2D eigenvalue weighted by Crippen LogP contribution is 2.12. The van der Waals surface area contributed by atoms with Gasteiger partial charge < -0.3 is 16.0 Å².